The van der Waals surface area contributed by atoms with Gasteiger partial charge in [0.25, 0.3) is 0 Å². The third-order valence-corrected chi connectivity index (χ3v) is 2.56. The number of aromatic nitrogens is 2. The second kappa shape index (κ2) is 4.23. The van der Waals surface area contributed by atoms with E-state index in [1.54, 1.807) is 0 Å². The van der Waals surface area contributed by atoms with E-state index in [9.17, 15) is 10.2 Å². The van der Waals surface area contributed by atoms with Crippen LogP contribution in [-0.4, -0.2) is 49.8 Å². The molecule has 0 aromatic carbocycles. The van der Waals surface area contributed by atoms with Gasteiger partial charge in [0.05, 0.1) is 12.9 Å². The predicted molar refractivity (Wildman–Crippen MR) is 53.2 cm³/mol. The molecule has 6 nitrogen and oxygen atoms in total. The summed E-state index contributed by atoms with van der Waals surface area (Å²) in [6.45, 7) is -0.356. The van der Waals surface area contributed by atoms with Crippen molar-refractivity contribution in [3.63, 3.8) is 0 Å². The first-order chi connectivity index (χ1) is 7.67. The lowest BCUT2D eigenvalue weighted by atomic mass is 10.1. The van der Waals surface area contributed by atoms with Crippen LogP contribution in [0.4, 0.5) is 0 Å². The fourth-order valence-electron chi connectivity index (χ4n) is 1.68. The van der Waals surface area contributed by atoms with Crippen molar-refractivity contribution in [2.45, 2.75) is 24.5 Å². The van der Waals surface area contributed by atoms with Crippen LogP contribution in [0.1, 0.15) is 11.9 Å². The Morgan fingerprint density at radius 1 is 1.50 bits per heavy atom. The van der Waals surface area contributed by atoms with Crippen LogP contribution in [0.2, 0.25) is 0 Å². The minimum atomic E-state index is -1.12. The van der Waals surface area contributed by atoms with E-state index in [0.717, 1.165) is 0 Å². The highest BCUT2D eigenvalue weighted by molar-refractivity contribution is 5.21. The van der Waals surface area contributed by atoms with E-state index in [2.05, 4.69) is 10.9 Å². The maximum Gasteiger partial charge on any atom is 0.164 e. The van der Waals surface area contributed by atoms with Gasteiger partial charge in [-0.05, 0) is 5.92 Å². The fourth-order valence-corrected chi connectivity index (χ4v) is 1.68. The number of rotatable bonds is 2. The summed E-state index contributed by atoms with van der Waals surface area (Å²) < 4.78 is 6.75. The second-order valence-electron chi connectivity index (χ2n) is 3.58. The zero-order valence-corrected chi connectivity index (χ0v) is 8.39. The summed E-state index contributed by atoms with van der Waals surface area (Å²) >= 11 is 0. The van der Waals surface area contributed by atoms with Crippen molar-refractivity contribution in [1.82, 2.24) is 9.55 Å². The largest absolute Gasteiger partial charge is 0.394 e. The number of hydrogen-bond acceptors (Lipinski definition) is 5. The van der Waals surface area contributed by atoms with Gasteiger partial charge in [-0.2, -0.15) is 0 Å². The molecule has 4 atom stereocenters. The van der Waals surface area contributed by atoms with Gasteiger partial charge in [-0.3, -0.25) is 0 Å². The summed E-state index contributed by atoms with van der Waals surface area (Å²) in [5.41, 5.74) is 0.415. The van der Waals surface area contributed by atoms with Gasteiger partial charge in [0.15, 0.2) is 6.23 Å². The van der Waals surface area contributed by atoms with E-state index < -0.39 is 24.5 Å². The second-order valence-corrected chi connectivity index (χ2v) is 3.58. The van der Waals surface area contributed by atoms with Gasteiger partial charge in [0.1, 0.15) is 24.0 Å². The lowest BCUT2D eigenvalue weighted by molar-refractivity contribution is -0.0528. The first-order valence-electron chi connectivity index (χ1n) is 4.80. The van der Waals surface area contributed by atoms with E-state index in [-0.39, 0.29) is 6.61 Å². The number of aliphatic hydroxyl groups is 3. The molecule has 1 fully saturated rings. The van der Waals surface area contributed by atoms with E-state index in [1.807, 2.05) is 0 Å². The van der Waals surface area contributed by atoms with Crippen molar-refractivity contribution in [2.75, 3.05) is 6.61 Å². The van der Waals surface area contributed by atoms with Crippen LogP contribution < -0.4 is 0 Å². The zero-order valence-electron chi connectivity index (χ0n) is 8.39. The molecule has 16 heavy (non-hydrogen) atoms. The molecule has 0 amide bonds. The molecule has 6 heteroatoms. The highest BCUT2D eigenvalue weighted by Crippen LogP contribution is 2.29. The third-order valence-electron chi connectivity index (χ3n) is 2.56. The molecule has 1 aliphatic heterocycles. The van der Waals surface area contributed by atoms with Crippen molar-refractivity contribution in [3.8, 4) is 12.3 Å². The van der Waals surface area contributed by atoms with Gasteiger partial charge in [-0.1, -0.05) is 0 Å². The quantitative estimate of drug-likeness (QED) is 0.531. The van der Waals surface area contributed by atoms with Gasteiger partial charge in [0, 0.05) is 6.20 Å². The lowest BCUT2D eigenvalue weighted by Crippen LogP contribution is -2.33. The Kier molecular flexibility index (Phi) is 2.94. The molecule has 2 heterocycles. The standard InChI is InChI=1S/C10H12N2O4/c1-2-6-3-12(5-11-6)10-9(15)8(14)7(4-13)16-10/h1,3,5,7-10,13-15H,4H2/t7-,8?,9+,10-/m1/s1. The minimum Gasteiger partial charge on any atom is -0.394 e. The molecule has 0 spiro atoms. The first-order valence-corrected chi connectivity index (χ1v) is 4.80. The van der Waals surface area contributed by atoms with Crippen LogP contribution in [-0.2, 0) is 4.74 Å². The Hall–Kier alpha value is -1.39. The molecular weight excluding hydrogens is 212 g/mol. The third kappa shape index (κ3) is 1.70. The molecule has 1 saturated heterocycles. The Morgan fingerprint density at radius 2 is 2.25 bits per heavy atom. The van der Waals surface area contributed by atoms with Crippen molar-refractivity contribution >= 4 is 0 Å². The molecule has 3 N–H and O–H groups in total. The van der Waals surface area contributed by atoms with Gasteiger partial charge < -0.3 is 24.6 Å². The van der Waals surface area contributed by atoms with Crippen molar-refractivity contribution < 1.29 is 20.1 Å². The SMILES string of the molecule is C#Cc1cn([C@@H]2O[C@H](CO)C(O)[C@@H]2O)cn1. The summed E-state index contributed by atoms with van der Waals surface area (Å²) in [6.07, 6.45) is 4.30. The maximum atomic E-state index is 9.71. The van der Waals surface area contributed by atoms with Gasteiger partial charge in [0.2, 0.25) is 0 Å². The minimum absolute atomic E-state index is 0.356. The monoisotopic (exact) mass is 224 g/mol. The Morgan fingerprint density at radius 3 is 2.75 bits per heavy atom. The van der Waals surface area contributed by atoms with Crippen LogP contribution in [0.3, 0.4) is 0 Å². The summed E-state index contributed by atoms with van der Waals surface area (Å²) in [4.78, 5) is 3.88. The summed E-state index contributed by atoms with van der Waals surface area (Å²) in [6, 6.07) is 0. The van der Waals surface area contributed by atoms with Crippen LogP contribution in [0.15, 0.2) is 12.5 Å². The number of nitrogens with zero attached hydrogens (tertiary/aromatic N) is 2. The molecule has 0 bridgehead atoms. The van der Waals surface area contributed by atoms with Crippen molar-refractivity contribution in [2.24, 2.45) is 0 Å². The molecule has 1 aromatic heterocycles. The van der Waals surface area contributed by atoms with Crippen LogP contribution in [0, 0.1) is 12.3 Å². The number of imidazole rings is 1. The van der Waals surface area contributed by atoms with Crippen LogP contribution in [0.5, 0.6) is 0 Å². The Labute approximate surface area is 92.1 Å². The highest BCUT2D eigenvalue weighted by Gasteiger charge is 2.43. The smallest absolute Gasteiger partial charge is 0.164 e. The molecule has 0 radical (unpaired) electrons. The average Bonchev–Trinajstić information content (AvgIpc) is 2.86. The normalized spacial score (nSPS) is 33.9. The van der Waals surface area contributed by atoms with Gasteiger partial charge in [-0.25, -0.2) is 4.98 Å². The summed E-state index contributed by atoms with van der Waals surface area (Å²) in [7, 11) is 0. The number of aliphatic hydroxyl groups excluding tert-OH is 3. The van der Waals surface area contributed by atoms with Crippen molar-refractivity contribution in [1.29, 1.82) is 0 Å². The van der Waals surface area contributed by atoms with E-state index in [0.29, 0.717) is 5.69 Å². The molecule has 86 valence electrons. The molecule has 1 aromatic rings. The maximum absolute atomic E-state index is 9.71. The van der Waals surface area contributed by atoms with Crippen molar-refractivity contribution in [3.05, 3.63) is 18.2 Å². The molecule has 1 unspecified atom stereocenters. The first kappa shape index (κ1) is 11.1. The Balaban J connectivity index is 2.20. The summed E-state index contributed by atoms with van der Waals surface area (Å²) in [5.74, 6) is 2.34. The molecule has 2 rings (SSSR count). The van der Waals surface area contributed by atoms with E-state index >= 15 is 0 Å². The van der Waals surface area contributed by atoms with Gasteiger partial charge >= 0.3 is 0 Å². The number of hydrogen-bond donors (Lipinski definition) is 3. The number of terminal acetylenes is 1. The highest BCUT2D eigenvalue weighted by atomic mass is 16.6. The van der Waals surface area contributed by atoms with Gasteiger partial charge in [-0.15, -0.1) is 6.42 Å². The average molecular weight is 224 g/mol. The van der Waals surface area contributed by atoms with Crippen LogP contribution >= 0.6 is 0 Å². The van der Waals surface area contributed by atoms with E-state index in [4.69, 9.17) is 16.3 Å². The lowest BCUT2D eigenvalue weighted by Gasteiger charge is -2.15. The molecule has 0 aliphatic carbocycles. The predicted octanol–water partition coefficient (Wildman–Crippen LogP) is -1.52. The van der Waals surface area contributed by atoms with Crippen LogP contribution in [0.25, 0.3) is 0 Å². The fraction of sp³-hybridized carbons (Fsp3) is 0.500. The number of ether oxygens (including phenoxy) is 1. The van der Waals surface area contributed by atoms with E-state index in [1.165, 1.54) is 17.1 Å². The topological polar surface area (TPSA) is 87.7 Å². The molecule has 0 saturated carbocycles. The zero-order chi connectivity index (χ0) is 11.7. The molecular formula is C10H12N2O4. The summed E-state index contributed by atoms with van der Waals surface area (Å²) in [5, 5.41) is 28.2. The Bertz CT molecular complexity index is 411. The molecule has 1 aliphatic rings.